The van der Waals surface area contributed by atoms with Gasteiger partial charge in [0.15, 0.2) is 0 Å². The highest BCUT2D eigenvalue weighted by Crippen LogP contribution is 2.38. The predicted molar refractivity (Wildman–Crippen MR) is 124 cm³/mol. The van der Waals surface area contributed by atoms with Gasteiger partial charge in [0.25, 0.3) is 0 Å². The SMILES string of the molecule is Clc1nc(-c2ccccc2)c2c(n1)c1cc3ccccc3cc1n2-c1ccccc1. The molecule has 4 aromatic carbocycles. The molecule has 6 aromatic rings. The Balaban J connectivity index is 1.87. The third-order valence-corrected chi connectivity index (χ3v) is 5.67. The summed E-state index contributed by atoms with van der Waals surface area (Å²) in [6, 6.07) is 33.3. The summed E-state index contributed by atoms with van der Waals surface area (Å²) in [6.07, 6.45) is 0. The van der Waals surface area contributed by atoms with E-state index < -0.39 is 0 Å². The second-order valence-corrected chi connectivity index (χ2v) is 7.63. The van der Waals surface area contributed by atoms with Crippen molar-refractivity contribution in [3.05, 3.63) is 102 Å². The molecule has 0 fully saturated rings. The molecule has 30 heavy (non-hydrogen) atoms. The van der Waals surface area contributed by atoms with Crippen molar-refractivity contribution < 1.29 is 0 Å². The van der Waals surface area contributed by atoms with Crippen LogP contribution in [0.15, 0.2) is 97.1 Å². The highest BCUT2D eigenvalue weighted by Gasteiger charge is 2.20. The van der Waals surface area contributed by atoms with Crippen LogP contribution in [0.25, 0.3) is 49.7 Å². The van der Waals surface area contributed by atoms with Gasteiger partial charge in [-0.25, -0.2) is 9.97 Å². The molecule has 0 aliphatic carbocycles. The summed E-state index contributed by atoms with van der Waals surface area (Å²) in [5.74, 6) is 0. The van der Waals surface area contributed by atoms with Gasteiger partial charge in [0.1, 0.15) is 5.52 Å². The Morgan fingerprint density at radius 3 is 2.03 bits per heavy atom. The molecule has 0 bridgehead atoms. The van der Waals surface area contributed by atoms with Crippen LogP contribution >= 0.6 is 11.6 Å². The first-order valence-corrected chi connectivity index (χ1v) is 10.2. The molecule has 142 valence electrons. The van der Waals surface area contributed by atoms with Gasteiger partial charge in [-0.05, 0) is 46.6 Å². The molecule has 3 nitrogen and oxygen atoms in total. The fourth-order valence-electron chi connectivity index (χ4n) is 4.19. The molecule has 6 rings (SSSR count). The van der Waals surface area contributed by atoms with Crippen LogP contribution in [-0.2, 0) is 0 Å². The second kappa shape index (κ2) is 6.68. The van der Waals surface area contributed by atoms with E-state index in [1.54, 1.807) is 0 Å². The Labute approximate surface area is 178 Å². The molecule has 4 heteroatoms. The smallest absolute Gasteiger partial charge is 0.223 e. The zero-order valence-corrected chi connectivity index (χ0v) is 16.7. The quantitative estimate of drug-likeness (QED) is 0.289. The standard InChI is InChI=1S/C26H16ClN3/c27-26-28-23(17-9-3-1-4-10-17)25-24(29-26)21-15-18-11-7-8-12-19(18)16-22(21)30(25)20-13-5-2-6-14-20/h1-16H. The van der Waals surface area contributed by atoms with E-state index in [1.165, 1.54) is 10.8 Å². The van der Waals surface area contributed by atoms with Gasteiger partial charge in [0.05, 0.1) is 16.7 Å². The third-order valence-electron chi connectivity index (χ3n) is 5.50. The molecule has 0 saturated carbocycles. The van der Waals surface area contributed by atoms with Crippen LogP contribution in [0.3, 0.4) is 0 Å². The third kappa shape index (κ3) is 2.60. The van der Waals surface area contributed by atoms with Crippen molar-refractivity contribution in [2.24, 2.45) is 0 Å². The van der Waals surface area contributed by atoms with Crippen molar-refractivity contribution in [2.75, 3.05) is 0 Å². The van der Waals surface area contributed by atoms with Crippen molar-refractivity contribution in [1.29, 1.82) is 0 Å². The largest absolute Gasteiger partial charge is 0.306 e. The zero-order valence-electron chi connectivity index (χ0n) is 16.0. The number of rotatable bonds is 2. The maximum absolute atomic E-state index is 6.42. The molecule has 0 radical (unpaired) electrons. The number of nitrogens with zero attached hydrogens (tertiary/aromatic N) is 3. The molecule has 0 N–H and O–H groups in total. The number of halogens is 1. The van der Waals surface area contributed by atoms with E-state index in [1.807, 2.05) is 36.4 Å². The summed E-state index contributed by atoms with van der Waals surface area (Å²) >= 11 is 6.42. The highest BCUT2D eigenvalue weighted by molar-refractivity contribution is 6.29. The van der Waals surface area contributed by atoms with Gasteiger partial charge in [0.2, 0.25) is 5.28 Å². The molecule has 0 aliphatic rings. The van der Waals surface area contributed by atoms with Crippen LogP contribution in [0.1, 0.15) is 0 Å². The van der Waals surface area contributed by atoms with E-state index in [9.17, 15) is 0 Å². The first-order valence-electron chi connectivity index (χ1n) is 9.81. The Hall–Kier alpha value is -3.69. The van der Waals surface area contributed by atoms with E-state index in [4.69, 9.17) is 11.6 Å². The fourth-order valence-corrected chi connectivity index (χ4v) is 4.36. The monoisotopic (exact) mass is 405 g/mol. The number of fused-ring (bicyclic) bond motifs is 4. The molecular weight excluding hydrogens is 390 g/mol. The van der Waals surface area contributed by atoms with Crippen LogP contribution in [0.5, 0.6) is 0 Å². The summed E-state index contributed by atoms with van der Waals surface area (Å²) in [5.41, 5.74) is 5.81. The summed E-state index contributed by atoms with van der Waals surface area (Å²) in [7, 11) is 0. The number of hydrogen-bond donors (Lipinski definition) is 0. The van der Waals surface area contributed by atoms with Gasteiger partial charge < -0.3 is 4.57 Å². The summed E-state index contributed by atoms with van der Waals surface area (Å²) < 4.78 is 2.25. The fraction of sp³-hybridized carbons (Fsp3) is 0. The Bertz CT molecular complexity index is 1540. The van der Waals surface area contributed by atoms with E-state index in [-0.39, 0.29) is 5.28 Å². The zero-order chi connectivity index (χ0) is 20.1. The number of benzene rings is 4. The van der Waals surface area contributed by atoms with Gasteiger partial charge in [-0.2, -0.15) is 0 Å². The van der Waals surface area contributed by atoms with Crippen LogP contribution in [0.4, 0.5) is 0 Å². The Morgan fingerprint density at radius 2 is 1.30 bits per heavy atom. The first-order chi connectivity index (χ1) is 14.8. The van der Waals surface area contributed by atoms with Crippen LogP contribution in [0, 0.1) is 0 Å². The van der Waals surface area contributed by atoms with Gasteiger partial charge in [0, 0.05) is 16.6 Å². The topological polar surface area (TPSA) is 30.7 Å². The van der Waals surface area contributed by atoms with Crippen molar-refractivity contribution in [3.63, 3.8) is 0 Å². The molecule has 2 heterocycles. The number of aromatic nitrogens is 3. The maximum Gasteiger partial charge on any atom is 0.223 e. The lowest BCUT2D eigenvalue weighted by Crippen LogP contribution is -1.98. The lowest BCUT2D eigenvalue weighted by Gasteiger charge is -2.11. The average Bonchev–Trinajstić information content (AvgIpc) is 3.11. The summed E-state index contributed by atoms with van der Waals surface area (Å²) in [4.78, 5) is 9.33. The minimum Gasteiger partial charge on any atom is -0.306 e. The maximum atomic E-state index is 6.42. The van der Waals surface area contributed by atoms with E-state index in [0.29, 0.717) is 0 Å². The minimum atomic E-state index is 0.252. The minimum absolute atomic E-state index is 0.252. The Kier molecular flexibility index (Phi) is 3.83. The highest BCUT2D eigenvalue weighted by atomic mass is 35.5. The molecule has 0 aliphatic heterocycles. The molecule has 2 aromatic heterocycles. The van der Waals surface area contributed by atoms with Gasteiger partial charge in [-0.15, -0.1) is 0 Å². The average molecular weight is 406 g/mol. The molecule has 0 saturated heterocycles. The van der Waals surface area contributed by atoms with Crippen molar-refractivity contribution in [3.8, 4) is 16.9 Å². The van der Waals surface area contributed by atoms with Crippen LogP contribution in [0.2, 0.25) is 5.28 Å². The van der Waals surface area contributed by atoms with Gasteiger partial charge in [-0.1, -0.05) is 72.8 Å². The van der Waals surface area contributed by atoms with E-state index >= 15 is 0 Å². The lowest BCUT2D eigenvalue weighted by atomic mass is 10.1. The molecular formula is C26H16ClN3. The molecule has 0 spiro atoms. The van der Waals surface area contributed by atoms with E-state index in [2.05, 4.69) is 75.2 Å². The van der Waals surface area contributed by atoms with Gasteiger partial charge >= 0.3 is 0 Å². The molecule has 0 unspecified atom stereocenters. The van der Waals surface area contributed by atoms with Crippen molar-refractivity contribution >= 4 is 44.3 Å². The summed E-state index contributed by atoms with van der Waals surface area (Å²) in [5, 5.41) is 3.68. The van der Waals surface area contributed by atoms with Crippen LogP contribution < -0.4 is 0 Å². The molecule has 0 amide bonds. The Morgan fingerprint density at radius 1 is 0.667 bits per heavy atom. The number of para-hydroxylation sites is 1. The first kappa shape index (κ1) is 17.2. The van der Waals surface area contributed by atoms with Crippen LogP contribution in [-0.4, -0.2) is 14.5 Å². The predicted octanol–water partition coefficient (Wildman–Crippen LogP) is 7.05. The van der Waals surface area contributed by atoms with Crippen molar-refractivity contribution in [1.82, 2.24) is 14.5 Å². The normalized spacial score (nSPS) is 11.5. The second-order valence-electron chi connectivity index (χ2n) is 7.29. The number of hydrogen-bond acceptors (Lipinski definition) is 2. The van der Waals surface area contributed by atoms with Gasteiger partial charge in [-0.3, -0.25) is 0 Å². The molecule has 0 atom stereocenters. The summed E-state index contributed by atoms with van der Waals surface area (Å²) in [6.45, 7) is 0. The lowest BCUT2D eigenvalue weighted by molar-refractivity contribution is 1.15. The van der Waals surface area contributed by atoms with Crippen molar-refractivity contribution in [2.45, 2.75) is 0 Å². The van der Waals surface area contributed by atoms with E-state index in [0.717, 1.165) is 38.9 Å².